The summed E-state index contributed by atoms with van der Waals surface area (Å²) in [5.74, 6) is 0.453. The Labute approximate surface area is 141 Å². The molecule has 2 aromatic rings. The molecule has 0 fully saturated rings. The number of benzene rings is 1. The van der Waals surface area contributed by atoms with Gasteiger partial charge in [-0.2, -0.15) is 0 Å². The molecule has 0 radical (unpaired) electrons. The van der Waals surface area contributed by atoms with Crippen molar-refractivity contribution in [2.24, 2.45) is 0 Å². The first kappa shape index (κ1) is 16.6. The van der Waals surface area contributed by atoms with Crippen LogP contribution < -0.4 is 10.1 Å². The van der Waals surface area contributed by atoms with Crippen LogP contribution in [0.5, 0.6) is 5.75 Å². The molecule has 2 rings (SSSR count). The highest BCUT2D eigenvalue weighted by molar-refractivity contribution is 9.10. The fraction of sp³-hybridized carbons (Fsp3) is 0.267. The first-order chi connectivity index (χ1) is 10.6. The number of rotatable bonds is 6. The van der Waals surface area contributed by atoms with Gasteiger partial charge in [0.1, 0.15) is 10.8 Å². The maximum atomic E-state index is 11.9. The van der Waals surface area contributed by atoms with Crippen molar-refractivity contribution < 1.29 is 9.53 Å². The lowest BCUT2D eigenvalue weighted by atomic mass is 10.2. The minimum Gasteiger partial charge on any atom is -0.496 e. The fourth-order valence-corrected chi connectivity index (χ4v) is 2.99. The molecule has 1 heterocycles. The van der Waals surface area contributed by atoms with Gasteiger partial charge >= 0.3 is 0 Å². The lowest BCUT2D eigenvalue weighted by Crippen LogP contribution is -2.07. The molecule has 0 saturated carbocycles. The summed E-state index contributed by atoms with van der Waals surface area (Å²) in [6, 6.07) is 5.60. The normalized spacial score (nSPS) is 10.9. The van der Waals surface area contributed by atoms with Gasteiger partial charge in [-0.15, -0.1) is 10.2 Å². The zero-order valence-corrected chi connectivity index (χ0v) is 14.7. The molecule has 0 aliphatic rings. The topological polar surface area (TPSA) is 64.1 Å². The number of aromatic nitrogens is 2. The van der Waals surface area contributed by atoms with Gasteiger partial charge in [0.25, 0.3) is 0 Å². The van der Waals surface area contributed by atoms with Crippen LogP contribution in [-0.2, 0) is 11.2 Å². The Morgan fingerprint density at radius 2 is 2.27 bits per heavy atom. The Kier molecular flexibility index (Phi) is 6.09. The number of carbonyl (C=O) groups excluding carboxylic acids is 1. The van der Waals surface area contributed by atoms with Crippen LogP contribution in [0.25, 0.3) is 6.08 Å². The monoisotopic (exact) mass is 381 g/mol. The predicted octanol–water partition coefficient (Wildman–Crippen LogP) is 3.91. The standard InChI is InChI=1S/C15H16BrN3O2S/c1-3-4-14-18-19-15(22-14)17-13(20)8-5-10-9-11(16)6-7-12(10)21-2/h5-9H,3-4H2,1-2H3,(H,17,19,20)/b8-5+. The van der Waals surface area contributed by atoms with Crippen molar-refractivity contribution in [1.29, 1.82) is 0 Å². The quantitative estimate of drug-likeness (QED) is 0.770. The van der Waals surface area contributed by atoms with E-state index in [9.17, 15) is 4.79 Å². The van der Waals surface area contributed by atoms with Crippen molar-refractivity contribution in [1.82, 2.24) is 10.2 Å². The van der Waals surface area contributed by atoms with Crippen LogP contribution in [-0.4, -0.2) is 23.2 Å². The molecule has 22 heavy (non-hydrogen) atoms. The largest absolute Gasteiger partial charge is 0.496 e. The van der Waals surface area contributed by atoms with Crippen molar-refractivity contribution in [3.05, 3.63) is 39.3 Å². The molecule has 0 aliphatic heterocycles. The third kappa shape index (κ3) is 4.64. The molecule has 1 N–H and O–H groups in total. The van der Waals surface area contributed by atoms with E-state index >= 15 is 0 Å². The summed E-state index contributed by atoms with van der Waals surface area (Å²) < 4.78 is 6.18. The molecule has 5 nitrogen and oxygen atoms in total. The van der Waals surface area contributed by atoms with E-state index in [0.29, 0.717) is 10.9 Å². The SMILES string of the molecule is CCCc1nnc(NC(=O)/C=C/c2cc(Br)ccc2OC)s1. The van der Waals surface area contributed by atoms with Crippen molar-refractivity contribution in [2.75, 3.05) is 12.4 Å². The van der Waals surface area contributed by atoms with Crippen molar-refractivity contribution >= 4 is 44.4 Å². The van der Waals surface area contributed by atoms with Crippen LogP contribution in [0.3, 0.4) is 0 Å². The van der Waals surface area contributed by atoms with Gasteiger partial charge in [0.15, 0.2) is 0 Å². The smallest absolute Gasteiger partial charge is 0.250 e. The zero-order chi connectivity index (χ0) is 15.9. The third-order valence-corrected chi connectivity index (χ3v) is 4.16. The molecule has 0 spiro atoms. The second-order valence-corrected chi connectivity index (χ2v) is 6.44. The molecule has 0 unspecified atom stereocenters. The maximum Gasteiger partial charge on any atom is 0.250 e. The number of hydrogen-bond acceptors (Lipinski definition) is 5. The highest BCUT2D eigenvalue weighted by Gasteiger charge is 2.06. The van der Waals surface area contributed by atoms with Gasteiger partial charge in [0.05, 0.1) is 7.11 Å². The molecule has 0 bridgehead atoms. The average Bonchev–Trinajstić information content (AvgIpc) is 2.93. The van der Waals surface area contributed by atoms with Gasteiger partial charge in [-0.3, -0.25) is 10.1 Å². The molecule has 0 atom stereocenters. The Balaban J connectivity index is 2.03. The number of anilines is 1. The highest BCUT2D eigenvalue weighted by atomic mass is 79.9. The predicted molar refractivity (Wildman–Crippen MR) is 92.3 cm³/mol. The van der Waals surface area contributed by atoms with Crippen LogP contribution in [0.4, 0.5) is 5.13 Å². The Morgan fingerprint density at radius 1 is 1.45 bits per heavy atom. The van der Waals surface area contributed by atoms with E-state index in [1.165, 1.54) is 17.4 Å². The Bertz CT molecular complexity index is 685. The number of carbonyl (C=O) groups is 1. The first-order valence-corrected chi connectivity index (χ1v) is 8.38. The summed E-state index contributed by atoms with van der Waals surface area (Å²) in [6.07, 6.45) is 5.03. The number of methoxy groups -OCH3 is 1. The summed E-state index contributed by atoms with van der Waals surface area (Å²) in [6.45, 7) is 2.08. The van der Waals surface area contributed by atoms with E-state index in [4.69, 9.17) is 4.74 Å². The van der Waals surface area contributed by atoms with E-state index in [1.807, 2.05) is 18.2 Å². The molecule has 1 amide bonds. The Morgan fingerprint density at radius 3 is 3.00 bits per heavy atom. The molecular formula is C15H16BrN3O2S. The molecule has 1 aromatic carbocycles. The van der Waals surface area contributed by atoms with Gasteiger partial charge in [-0.05, 0) is 30.7 Å². The first-order valence-electron chi connectivity index (χ1n) is 6.77. The number of nitrogens with zero attached hydrogens (tertiary/aromatic N) is 2. The zero-order valence-electron chi connectivity index (χ0n) is 12.3. The summed E-state index contributed by atoms with van der Waals surface area (Å²) in [4.78, 5) is 11.9. The molecular weight excluding hydrogens is 366 g/mol. The maximum absolute atomic E-state index is 11.9. The van der Waals surface area contributed by atoms with Gasteiger partial charge in [0, 0.05) is 22.5 Å². The third-order valence-electron chi connectivity index (χ3n) is 2.77. The van der Waals surface area contributed by atoms with Crippen LogP contribution >= 0.6 is 27.3 Å². The molecule has 116 valence electrons. The highest BCUT2D eigenvalue weighted by Crippen LogP contribution is 2.24. The second kappa shape index (κ2) is 8.05. The number of amides is 1. The lowest BCUT2D eigenvalue weighted by molar-refractivity contribution is -0.111. The number of nitrogens with one attached hydrogen (secondary N) is 1. The van der Waals surface area contributed by atoms with Gasteiger partial charge in [-0.25, -0.2) is 0 Å². The Hall–Kier alpha value is -1.73. The number of aryl methyl sites for hydroxylation is 1. The summed E-state index contributed by atoms with van der Waals surface area (Å²) in [7, 11) is 1.59. The van der Waals surface area contributed by atoms with E-state index in [0.717, 1.165) is 27.9 Å². The summed E-state index contributed by atoms with van der Waals surface area (Å²) >= 11 is 4.79. The molecule has 1 aromatic heterocycles. The lowest BCUT2D eigenvalue weighted by Gasteiger charge is -2.04. The van der Waals surface area contributed by atoms with E-state index in [-0.39, 0.29) is 5.91 Å². The molecule has 7 heteroatoms. The summed E-state index contributed by atoms with van der Waals surface area (Å²) in [5.41, 5.74) is 0.816. The van der Waals surface area contributed by atoms with Crippen LogP contribution in [0.2, 0.25) is 0 Å². The molecule has 0 aliphatic carbocycles. The van der Waals surface area contributed by atoms with Crippen LogP contribution in [0.1, 0.15) is 23.9 Å². The number of ether oxygens (including phenoxy) is 1. The van der Waals surface area contributed by atoms with E-state index in [2.05, 4.69) is 38.4 Å². The van der Waals surface area contributed by atoms with Crippen LogP contribution in [0, 0.1) is 0 Å². The average molecular weight is 382 g/mol. The van der Waals surface area contributed by atoms with Crippen molar-refractivity contribution in [2.45, 2.75) is 19.8 Å². The van der Waals surface area contributed by atoms with E-state index < -0.39 is 0 Å². The van der Waals surface area contributed by atoms with Gasteiger partial charge in [-0.1, -0.05) is 34.2 Å². The molecule has 0 saturated heterocycles. The van der Waals surface area contributed by atoms with E-state index in [1.54, 1.807) is 13.2 Å². The van der Waals surface area contributed by atoms with Gasteiger partial charge < -0.3 is 4.74 Å². The second-order valence-electron chi connectivity index (χ2n) is 4.46. The minimum absolute atomic E-state index is 0.249. The fourth-order valence-electron chi connectivity index (χ4n) is 1.77. The summed E-state index contributed by atoms with van der Waals surface area (Å²) in [5, 5.41) is 12.1. The van der Waals surface area contributed by atoms with Crippen molar-refractivity contribution in [3.63, 3.8) is 0 Å². The minimum atomic E-state index is -0.249. The van der Waals surface area contributed by atoms with Gasteiger partial charge in [0.2, 0.25) is 11.0 Å². The number of hydrogen-bond donors (Lipinski definition) is 1. The number of halogens is 1. The van der Waals surface area contributed by atoms with Crippen LogP contribution in [0.15, 0.2) is 28.7 Å². The van der Waals surface area contributed by atoms with Crippen molar-refractivity contribution in [3.8, 4) is 5.75 Å².